The molecule has 1 aromatic heterocycles. The SMILES string of the molecule is CC(C)(C)NCCC(=O)N1CCc2sccc2C1C1CC1. The van der Waals surface area contributed by atoms with Crippen LogP contribution in [0, 0.1) is 5.92 Å². The van der Waals surface area contributed by atoms with Gasteiger partial charge in [-0.05, 0) is 63.0 Å². The Morgan fingerprint density at radius 3 is 2.86 bits per heavy atom. The Hall–Kier alpha value is -0.870. The Balaban J connectivity index is 1.65. The molecule has 0 aromatic carbocycles. The maximum atomic E-state index is 12.6. The lowest BCUT2D eigenvalue weighted by Gasteiger charge is -2.36. The molecule has 1 atom stereocenters. The zero-order valence-corrected chi connectivity index (χ0v) is 14.1. The van der Waals surface area contributed by atoms with Crippen molar-refractivity contribution in [2.75, 3.05) is 13.1 Å². The van der Waals surface area contributed by atoms with E-state index < -0.39 is 0 Å². The molecular weight excluding hydrogens is 280 g/mol. The average Bonchev–Trinajstić information content (AvgIpc) is 3.12. The molecule has 2 heterocycles. The first-order valence-electron chi connectivity index (χ1n) is 8.06. The molecule has 0 saturated heterocycles. The molecule has 1 aliphatic carbocycles. The zero-order chi connectivity index (χ0) is 15.0. The first-order valence-corrected chi connectivity index (χ1v) is 8.94. The molecule has 3 nitrogen and oxygen atoms in total. The molecule has 0 spiro atoms. The molecule has 2 aliphatic rings. The Morgan fingerprint density at radius 1 is 1.43 bits per heavy atom. The van der Waals surface area contributed by atoms with Crippen LogP contribution in [0.4, 0.5) is 0 Å². The first kappa shape index (κ1) is 15.0. The van der Waals surface area contributed by atoms with Crippen molar-refractivity contribution in [2.45, 2.75) is 58.0 Å². The van der Waals surface area contributed by atoms with Crippen LogP contribution in [0.15, 0.2) is 11.4 Å². The van der Waals surface area contributed by atoms with Crippen molar-refractivity contribution < 1.29 is 4.79 Å². The number of thiophene rings is 1. The smallest absolute Gasteiger partial charge is 0.224 e. The van der Waals surface area contributed by atoms with Gasteiger partial charge in [-0.1, -0.05) is 0 Å². The van der Waals surface area contributed by atoms with Crippen molar-refractivity contribution in [3.8, 4) is 0 Å². The fourth-order valence-corrected chi connectivity index (χ4v) is 4.15. The molecule has 116 valence electrons. The van der Waals surface area contributed by atoms with Crippen LogP contribution >= 0.6 is 11.3 Å². The molecule has 1 saturated carbocycles. The minimum absolute atomic E-state index is 0.0819. The van der Waals surface area contributed by atoms with E-state index in [0.717, 1.165) is 19.5 Å². The van der Waals surface area contributed by atoms with Gasteiger partial charge in [0.15, 0.2) is 0 Å². The van der Waals surface area contributed by atoms with Crippen LogP contribution in [0.2, 0.25) is 0 Å². The van der Waals surface area contributed by atoms with Crippen molar-refractivity contribution in [3.63, 3.8) is 0 Å². The summed E-state index contributed by atoms with van der Waals surface area (Å²) in [5.41, 5.74) is 1.52. The number of hydrogen-bond donors (Lipinski definition) is 1. The topological polar surface area (TPSA) is 32.3 Å². The summed E-state index contributed by atoms with van der Waals surface area (Å²) >= 11 is 1.86. The summed E-state index contributed by atoms with van der Waals surface area (Å²) in [6.07, 6.45) is 4.21. The van der Waals surface area contributed by atoms with E-state index in [-0.39, 0.29) is 5.54 Å². The van der Waals surface area contributed by atoms with Crippen LogP contribution in [0.3, 0.4) is 0 Å². The fourth-order valence-electron chi connectivity index (χ4n) is 3.23. The second-order valence-electron chi connectivity index (χ2n) is 7.35. The number of carbonyl (C=O) groups is 1. The first-order chi connectivity index (χ1) is 9.96. The van der Waals surface area contributed by atoms with E-state index in [1.54, 1.807) is 0 Å². The standard InChI is InChI=1S/C17H26N2OS/c1-17(2,3)18-9-6-15(20)19-10-7-14-13(8-11-21-14)16(19)12-4-5-12/h8,11-12,16,18H,4-7,9-10H2,1-3H3. The zero-order valence-electron chi connectivity index (χ0n) is 13.3. The molecule has 1 unspecified atom stereocenters. The molecule has 4 heteroatoms. The van der Waals surface area contributed by atoms with Gasteiger partial charge in [-0.15, -0.1) is 11.3 Å². The molecule has 0 radical (unpaired) electrons. The van der Waals surface area contributed by atoms with Gasteiger partial charge in [-0.25, -0.2) is 0 Å². The number of nitrogens with one attached hydrogen (secondary N) is 1. The third-order valence-corrected chi connectivity index (χ3v) is 5.39. The van der Waals surface area contributed by atoms with Crippen molar-refractivity contribution in [1.29, 1.82) is 0 Å². The quantitative estimate of drug-likeness (QED) is 0.925. The lowest BCUT2D eigenvalue weighted by molar-refractivity contribution is -0.134. The maximum Gasteiger partial charge on any atom is 0.224 e. The number of carbonyl (C=O) groups excluding carboxylic acids is 1. The van der Waals surface area contributed by atoms with E-state index in [2.05, 4.69) is 42.4 Å². The molecule has 1 amide bonds. The van der Waals surface area contributed by atoms with Gasteiger partial charge < -0.3 is 10.2 Å². The van der Waals surface area contributed by atoms with E-state index in [0.29, 0.717) is 24.3 Å². The van der Waals surface area contributed by atoms with Crippen molar-refractivity contribution >= 4 is 17.2 Å². The van der Waals surface area contributed by atoms with Gasteiger partial charge in [-0.2, -0.15) is 0 Å². The highest BCUT2D eigenvalue weighted by atomic mass is 32.1. The van der Waals surface area contributed by atoms with Gasteiger partial charge in [0.2, 0.25) is 5.91 Å². The highest BCUT2D eigenvalue weighted by Crippen LogP contribution is 2.48. The lowest BCUT2D eigenvalue weighted by atomic mass is 9.95. The summed E-state index contributed by atoms with van der Waals surface area (Å²) in [5, 5.41) is 5.61. The third-order valence-electron chi connectivity index (χ3n) is 4.40. The summed E-state index contributed by atoms with van der Waals surface area (Å²) in [6.45, 7) is 8.10. The number of fused-ring (bicyclic) bond motifs is 1. The lowest BCUT2D eigenvalue weighted by Crippen LogP contribution is -2.43. The van der Waals surface area contributed by atoms with Gasteiger partial charge in [0.25, 0.3) is 0 Å². The van der Waals surface area contributed by atoms with Crippen LogP contribution in [-0.2, 0) is 11.2 Å². The minimum atomic E-state index is 0.0819. The Bertz CT molecular complexity index is 513. The highest BCUT2D eigenvalue weighted by molar-refractivity contribution is 7.10. The van der Waals surface area contributed by atoms with E-state index >= 15 is 0 Å². The normalized spacial score (nSPS) is 22.2. The monoisotopic (exact) mass is 306 g/mol. The predicted molar refractivity (Wildman–Crippen MR) is 87.6 cm³/mol. The van der Waals surface area contributed by atoms with Crippen LogP contribution in [0.5, 0.6) is 0 Å². The minimum Gasteiger partial charge on any atom is -0.335 e. The van der Waals surface area contributed by atoms with Crippen molar-refractivity contribution in [1.82, 2.24) is 10.2 Å². The largest absolute Gasteiger partial charge is 0.335 e. The highest BCUT2D eigenvalue weighted by Gasteiger charge is 2.41. The summed E-state index contributed by atoms with van der Waals surface area (Å²) in [4.78, 5) is 16.3. The van der Waals surface area contributed by atoms with Crippen LogP contribution in [0.25, 0.3) is 0 Å². The van der Waals surface area contributed by atoms with Gasteiger partial charge in [-0.3, -0.25) is 4.79 Å². The number of hydrogen-bond acceptors (Lipinski definition) is 3. The molecule has 1 N–H and O–H groups in total. The van der Waals surface area contributed by atoms with Gasteiger partial charge in [0, 0.05) is 29.9 Å². The van der Waals surface area contributed by atoms with Gasteiger partial charge in [0.1, 0.15) is 0 Å². The second-order valence-corrected chi connectivity index (χ2v) is 8.35. The summed E-state index contributed by atoms with van der Waals surface area (Å²) in [6, 6.07) is 2.61. The third kappa shape index (κ3) is 3.49. The molecule has 1 aliphatic heterocycles. The molecule has 0 bridgehead atoms. The second kappa shape index (κ2) is 5.73. The predicted octanol–water partition coefficient (Wildman–Crippen LogP) is 3.36. The maximum absolute atomic E-state index is 12.6. The van der Waals surface area contributed by atoms with E-state index in [1.807, 2.05) is 11.3 Å². The molecule has 21 heavy (non-hydrogen) atoms. The Morgan fingerprint density at radius 2 is 2.19 bits per heavy atom. The number of rotatable bonds is 4. The fraction of sp³-hybridized carbons (Fsp3) is 0.706. The molecular formula is C17H26N2OS. The van der Waals surface area contributed by atoms with Crippen LogP contribution < -0.4 is 5.32 Å². The summed E-state index contributed by atoms with van der Waals surface area (Å²) in [5.74, 6) is 1.03. The van der Waals surface area contributed by atoms with Gasteiger partial charge in [0.05, 0.1) is 6.04 Å². The average molecular weight is 306 g/mol. The molecule has 1 fully saturated rings. The van der Waals surface area contributed by atoms with Crippen LogP contribution in [-0.4, -0.2) is 29.4 Å². The van der Waals surface area contributed by atoms with Crippen molar-refractivity contribution in [3.05, 3.63) is 21.9 Å². The van der Waals surface area contributed by atoms with E-state index in [9.17, 15) is 4.79 Å². The number of nitrogens with zero attached hydrogens (tertiary/aromatic N) is 1. The van der Waals surface area contributed by atoms with E-state index in [4.69, 9.17) is 0 Å². The van der Waals surface area contributed by atoms with Gasteiger partial charge >= 0.3 is 0 Å². The van der Waals surface area contributed by atoms with Crippen LogP contribution in [0.1, 0.15) is 56.5 Å². The Labute approximate surface area is 131 Å². The number of amides is 1. The molecule has 1 aromatic rings. The summed E-state index contributed by atoms with van der Waals surface area (Å²) < 4.78 is 0. The van der Waals surface area contributed by atoms with E-state index in [1.165, 1.54) is 23.3 Å². The Kier molecular flexibility index (Phi) is 4.10. The van der Waals surface area contributed by atoms with Crippen molar-refractivity contribution in [2.24, 2.45) is 5.92 Å². The molecule has 3 rings (SSSR count). The summed E-state index contributed by atoms with van der Waals surface area (Å²) in [7, 11) is 0.